The van der Waals surface area contributed by atoms with Gasteiger partial charge in [-0.05, 0) is 42.3 Å². The summed E-state index contributed by atoms with van der Waals surface area (Å²) in [7, 11) is 0. The molecule has 1 aromatic heterocycles. The first-order chi connectivity index (χ1) is 9.69. The molecule has 20 heavy (non-hydrogen) atoms. The lowest BCUT2D eigenvalue weighted by Crippen LogP contribution is -2.22. The number of nitrogens with one attached hydrogen (secondary N) is 2. The Morgan fingerprint density at radius 1 is 1.40 bits per heavy atom. The normalized spacial score (nSPS) is 15.0. The zero-order valence-corrected chi connectivity index (χ0v) is 11.7. The molecular formula is C16H18N2O2. The third kappa shape index (κ3) is 2.23. The molecule has 2 N–H and O–H groups in total. The Kier molecular flexibility index (Phi) is 3.32. The van der Waals surface area contributed by atoms with E-state index < -0.39 is 0 Å². The van der Waals surface area contributed by atoms with Gasteiger partial charge in [0, 0.05) is 5.69 Å². The zero-order valence-electron chi connectivity index (χ0n) is 11.7. The van der Waals surface area contributed by atoms with E-state index in [1.165, 1.54) is 0 Å². The van der Waals surface area contributed by atoms with Crippen LogP contribution in [0.15, 0.2) is 34.9 Å². The average molecular weight is 270 g/mol. The van der Waals surface area contributed by atoms with E-state index in [4.69, 9.17) is 4.42 Å². The van der Waals surface area contributed by atoms with Gasteiger partial charge in [-0.15, -0.1) is 0 Å². The van der Waals surface area contributed by atoms with Gasteiger partial charge in [-0.3, -0.25) is 4.79 Å². The number of benzene rings is 1. The molecule has 1 aromatic carbocycles. The van der Waals surface area contributed by atoms with Gasteiger partial charge in [0.15, 0.2) is 0 Å². The molecule has 2 heterocycles. The summed E-state index contributed by atoms with van der Waals surface area (Å²) < 4.78 is 5.63. The maximum absolute atomic E-state index is 11.4. The fourth-order valence-electron chi connectivity index (χ4n) is 2.68. The van der Waals surface area contributed by atoms with E-state index in [0.29, 0.717) is 6.42 Å². The summed E-state index contributed by atoms with van der Waals surface area (Å²) in [6.07, 6.45) is 2.17. The van der Waals surface area contributed by atoms with Gasteiger partial charge in [0.05, 0.1) is 18.7 Å². The van der Waals surface area contributed by atoms with Gasteiger partial charge in [0.1, 0.15) is 5.76 Å². The summed E-state index contributed by atoms with van der Waals surface area (Å²) in [5, 5.41) is 6.30. The molecule has 1 unspecified atom stereocenters. The molecule has 104 valence electrons. The maximum Gasteiger partial charge on any atom is 0.228 e. The topological polar surface area (TPSA) is 54.3 Å². The van der Waals surface area contributed by atoms with Gasteiger partial charge in [-0.25, -0.2) is 0 Å². The molecule has 0 spiro atoms. The number of aryl methyl sites for hydroxylation is 1. The second-order valence-corrected chi connectivity index (χ2v) is 5.10. The second kappa shape index (κ2) is 5.13. The highest BCUT2D eigenvalue weighted by Crippen LogP contribution is 2.30. The number of anilines is 1. The van der Waals surface area contributed by atoms with Gasteiger partial charge >= 0.3 is 0 Å². The van der Waals surface area contributed by atoms with Crippen molar-refractivity contribution in [1.29, 1.82) is 0 Å². The van der Waals surface area contributed by atoms with E-state index in [2.05, 4.69) is 23.6 Å². The number of hydrogen-bond acceptors (Lipinski definition) is 3. The highest BCUT2D eigenvalue weighted by Gasteiger charge is 2.22. The molecule has 1 aliphatic heterocycles. The van der Waals surface area contributed by atoms with Crippen molar-refractivity contribution < 1.29 is 9.21 Å². The molecule has 4 heteroatoms. The molecule has 1 amide bonds. The van der Waals surface area contributed by atoms with Crippen molar-refractivity contribution >= 4 is 11.6 Å². The summed E-state index contributed by atoms with van der Waals surface area (Å²) >= 11 is 0. The summed E-state index contributed by atoms with van der Waals surface area (Å²) in [5.74, 6) is 0.996. The number of hydrogen-bond donors (Lipinski definition) is 2. The third-order valence-corrected chi connectivity index (χ3v) is 3.66. The molecular weight excluding hydrogens is 252 g/mol. The van der Waals surface area contributed by atoms with E-state index in [1.54, 1.807) is 6.26 Å². The molecule has 2 aromatic rings. The molecule has 0 aliphatic carbocycles. The Balaban J connectivity index is 1.99. The lowest BCUT2D eigenvalue weighted by molar-refractivity contribution is -0.115. The van der Waals surface area contributed by atoms with Crippen molar-refractivity contribution in [2.45, 2.75) is 26.3 Å². The van der Waals surface area contributed by atoms with Crippen LogP contribution in [-0.4, -0.2) is 12.5 Å². The molecule has 4 nitrogen and oxygen atoms in total. The minimum Gasteiger partial charge on any atom is -0.467 e. The Bertz CT molecular complexity index is 646. The minimum absolute atomic E-state index is 0.0241. The number of amides is 1. The van der Waals surface area contributed by atoms with E-state index in [0.717, 1.165) is 34.7 Å². The Morgan fingerprint density at radius 3 is 2.95 bits per heavy atom. The van der Waals surface area contributed by atoms with Crippen molar-refractivity contribution in [1.82, 2.24) is 5.32 Å². The number of carbonyl (C=O) groups excluding carboxylic acids is 1. The van der Waals surface area contributed by atoms with Crippen LogP contribution in [0.2, 0.25) is 0 Å². The Hall–Kier alpha value is -2.07. The van der Waals surface area contributed by atoms with Gasteiger partial charge in [-0.2, -0.15) is 0 Å². The monoisotopic (exact) mass is 270 g/mol. The van der Waals surface area contributed by atoms with E-state index >= 15 is 0 Å². The van der Waals surface area contributed by atoms with Crippen molar-refractivity contribution in [3.63, 3.8) is 0 Å². The largest absolute Gasteiger partial charge is 0.467 e. The van der Waals surface area contributed by atoms with Crippen molar-refractivity contribution in [3.05, 3.63) is 53.0 Å². The summed E-state index contributed by atoms with van der Waals surface area (Å²) in [4.78, 5) is 11.4. The molecule has 0 saturated carbocycles. The van der Waals surface area contributed by atoms with Crippen molar-refractivity contribution in [2.24, 2.45) is 0 Å². The highest BCUT2D eigenvalue weighted by atomic mass is 16.3. The molecule has 1 atom stereocenters. The van der Waals surface area contributed by atoms with Gasteiger partial charge in [0.2, 0.25) is 5.91 Å². The first kappa shape index (κ1) is 12.9. The molecule has 0 fully saturated rings. The van der Waals surface area contributed by atoms with Crippen molar-refractivity contribution in [3.8, 4) is 0 Å². The summed E-state index contributed by atoms with van der Waals surface area (Å²) in [6.45, 7) is 4.96. The molecule has 0 saturated heterocycles. The van der Waals surface area contributed by atoms with E-state index in [1.807, 2.05) is 25.1 Å². The second-order valence-electron chi connectivity index (χ2n) is 5.10. The fourth-order valence-corrected chi connectivity index (χ4v) is 2.68. The molecule has 3 rings (SSSR count). The Labute approximate surface area is 118 Å². The van der Waals surface area contributed by atoms with E-state index in [9.17, 15) is 4.79 Å². The van der Waals surface area contributed by atoms with Crippen LogP contribution >= 0.6 is 0 Å². The number of rotatable bonds is 4. The van der Waals surface area contributed by atoms with Crippen LogP contribution in [0.1, 0.15) is 35.4 Å². The quantitative estimate of drug-likeness (QED) is 0.898. The maximum atomic E-state index is 11.4. The lowest BCUT2D eigenvalue weighted by atomic mass is 9.99. The molecule has 0 radical (unpaired) electrons. The van der Waals surface area contributed by atoms with Crippen LogP contribution in [0.5, 0.6) is 0 Å². The molecule has 1 aliphatic rings. The standard InChI is InChI=1S/C16H18N2O2/c1-3-17-15(16-10(2)6-7-20-16)11-4-5-13-12(8-11)9-14(19)18-13/h4-8,15,17H,3,9H2,1-2H3,(H,18,19). The number of carbonyl (C=O) groups is 1. The SMILES string of the molecule is CCNC(c1ccc2c(c1)CC(=O)N2)c1occc1C. The van der Waals surface area contributed by atoms with Crippen LogP contribution < -0.4 is 10.6 Å². The summed E-state index contributed by atoms with van der Waals surface area (Å²) in [6, 6.07) is 8.09. The number of fused-ring (bicyclic) bond motifs is 1. The van der Waals surface area contributed by atoms with Crippen LogP contribution in [0, 0.1) is 6.92 Å². The first-order valence-corrected chi connectivity index (χ1v) is 6.89. The number of furan rings is 1. The fraction of sp³-hybridized carbons (Fsp3) is 0.312. The average Bonchev–Trinajstić information content (AvgIpc) is 3.00. The summed E-state index contributed by atoms with van der Waals surface area (Å²) in [5.41, 5.74) is 4.23. The van der Waals surface area contributed by atoms with Gasteiger partial charge in [-0.1, -0.05) is 19.1 Å². The molecule has 0 bridgehead atoms. The zero-order chi connectivity index (χ0) is 14.1. The third-order valence-electron chi connectivity index (χ3n) is 3.66. The van der Waals surface area contributed by atoms with Crippen molar-refractivity contribution in [2.75, 3.05) is 11.9 Å². The Morgan fingerprint density at radius 2 is 2.25 bits per heavy atom. The predicted octanol–water partition coefficient (Wildman–Crippen LogP) is 2.78. The first-order valence-electron chi connectivity index (χ1n) is 6.89. The van der Waals surface area contributed by atoms with Crippen LogP contribution in [-0.2, 0) is 11.2 Å². The minimum atomic E-state index is 0.0241. The highest BCUT2D eigenvalue weighted by molar-refractivity contribution is 5.99. The lowest BCUT2D eigenvalue weighted by Gasteiger charge is -2.18. The predicted molar refractivity (Wildman–Crippen MR) is 77.7 cm³/mol. The van der Waals surface area contributed by atoms with Gasteiger partial charge < -0.3 is 15.1 Å². The van der Waals surface area contributed by atoms with E-state index in [-0.39, 0.29) is 11.9 Å². The smallest absolute Gasteiger partial charge is 0.228 e. The van der Waals surface area contributed by atoms with Gasteiger partial charge in [0.25, 0.3) is 0 Å². The van der Waals surface area contributed by atoms with Crippen LogP contribution in [0.25, 0.3) is 0 Å². The van der Waals surface area contributed by atoms with Crippen LogP contribution in [0.4, 0.5) is 5.69 Å². The van der Waals surface area contributed by atoms with Crippen LogP contribution in [0.3, 0.4) is 0 Å².